The van der Waals surface area contributed by atoms with Crippen LogP contribution in [0.15, 0.2) is 48.6 Å². The van der Waals surface area contributed by atoms with Crippen LogP contribution in [0.5, 0.6) is 0 Å². The zero-order valence-corrected chi connectivity index (χ0v) is 24.6. The monoisotopic (exact) mass is 596 g/mol. The number of allylic oxidation sites excluding steroid dienone is 8. The first-order valence-corrected chi connectivity index (χ1v) is 23.8. The molecule has 0 saturated heterocycles. The van der Waals surface area contributed by atoms with Gasteiger partial charge in [-0.2, -0.15) is 0 Å². The summed E-state index contributed by atoms with van der Waals surface area (Å²) in [5.74, 6) is 7.15. The normalized spacial score (nSPS) is 39.6. The molecule has 0 nitrogen and oxygen atoms in total. The predicted octanol–water partition coefficient (Wildman–Crippen LogP) is 7.92. The van der Waals surface area contributed by atoms with Crippen molar-refractivity contribution in [2.45, 2.75) is 61.0 Å². The van der Waals surface area contributed by atoms with E-state index >= 15 is 0 Å². The van der Waals surface area contributed by atoms with Crippen LogP contribution in [0.1, 0.15) is 40.5 Å². The summed E-state index contributed by atoms with van der Waals surface area (Å²) < 4.78 is 2.20. The molecular formula is C26H41ClHfSi. The zero-order chi connectivity index (χ0) is 20.0. The largest absolute Gasteiger partial charge is 0.147 e. The van der Waals surface area contributed by atoms with Gasteiger partial charge in [-0.25, -0.2) is 0 Å². The van der Waals surface area contributed by atoms with Gasteiger partial charge in [-0.05, 0) is 0 Å². The van der Waals surface area contributed by atoms with Crippen molar-refractivity contribution in [3.63, 3.8) is 0 Å². The first-order valence-electron chi connectivity index (χ1n) is 11.8. The van der Waals surface area contributed by atoms with Gasteiger partial charge in [0.1, 0.15) is 0 Å². The third-order valence-electron chi connectivity index (χ3n) is 8.44. The van der Waals surface area contributed by atoms with Gasteiger partial charge >= 0.3 is 182 Å². The molecule has 29 heavy (non-hydrogen) atoms. The molecule has 0 aliphatic heterocycles. The fourth-order valence-corrected chi connectivity index (χ4v) is 43.8. The van der Waals surface area contributed by atoms with Crippen molar-refractivity contribution in [2.24, 2.45) is 47.3 Å². The van der Waals surface area contributed by atoms with E-state index in [-0.39, 0.29) is 17.9 Å². The molecule has 2 saturated carbocycles. The molecule has 8 atom stereocenters. The van der Waals surface area contributed by atoms with Crippen LogP contribution in [0.25, 0.3) is 0 Å². The third-order valence-corrected chi connectivity index (χ3v) is 38.5. The van der Waals surface area contributed by atoms with Crippen molar-refractivity contribution in [3.05, 3.63) is 48.6 Å². The Hall–Kier alpha value is 0.337. The molecule has 0 heterocycles. The summed E-state index contributed by atoms with van der Waals surface area (Å²) in [6.07, 6.45) is 22.8. The van der Waals surface area contributed by atoms with E-state index in [0.717, 1.165) is 54.7 Å². The van der Waals surface area contributed by atoms with E-state index in [1.165, 1.54) is 12.8 Å². The van der Waals surface area contributed by atoms with Crippen LogP contribution in [0.2, 0.25) is 20.4 Å². The summed E-state index contributed by atoms with van der Waals surface area (Å²) in [5.41, 5.74) is -0.172. The SMILES string of the molecule is CC(C)C1CC2C=CC=CC2[CH]1[Hf]([CH]1C2C=CC=CC2CC1C(C)C)=[Si](C)C.Cl. The van der Waals surface area contributed by atoms with Crippen LogP contribution in [0.3, 0.4) is 0 Å². The Labute approximate surface area is 193 Å². The van der Waals surface area contributed by atoms with Crippen LogP contribution < -0.4 is 0 Å². The zero-order valence-electron chi connectivity index (χ0n) is 19.2. The average molecular weight is 596 g/mol. The Bertz CT molecular complexity index is 684. The summed E-state index contributed by atoms with van der Waals surface area (Å²) in [7, 11) is 0. The first kappa shape index (κ1) is 24.0. The molecule has 4 aliphatic carbocycles. The molecule has 0 N–H and O–H groups in total. The molecule has 0 aromatic carbocycles. The van der Waals surface area contributed by atoms with E-state index in [0.29, 0.717) is 0 Å². The van der Waals surface area contributed by atoms with Gasteiger partial charge < -0.3 is 0 Å². The van der Waals surface area contributed by atoms with Gasteiger partial charge in [0.25, 0.3) is 0 Å². The molecule has 0 radical (unpaired) electrons. The van der Waals surface area contributed by atoms with Gasteiger partial charge in [-0.15, -0.1) is 12.4 Å². The van der Waals surface area contributed by atoms with E-state index in [1.54, 1.807) is 0 Å². The van der Waals surface area contributed by atoms with Gasteiger partial charge in [-0.3, -0.25) is 0 Å². The summed E-state index contributed by atoms with van der Waals surface area (Å²) in [4.78, 5) is 0. The van der Waals surface area contributed by atoms with Crippen LogP contribution in [0.4, 0.5) is 0 Å². The van der Waals surface area contributed by atoms with Crippen molar-refractivity contribution in [1.82, 2.24) is 0 Å². The first-order chi connectivity index (χ1) is 13.4. The fourth-order valence-electron chi connectivity index (χ4n) is 7.22. The van der Waals surface area contributed by atoms with Gasteiger partial charge in [0.15, 0.2) is 0 Å². The molecule has 0 spiro atoms. The maximum Gasteiger partial charge on any atom is -0.147 e. The number of rotatable bonds is 4. The topological polar surface area (TPSA) is 0 Å². The van der Waals surface area contributed by atoms with Crippen LogP contribution in [0, 0.1) is 47.3 Å². The maximum absolute atomic E-state index is 2.73. The van der Waals surface area contributed by atoms with Gasteiger partial charge in [0, 0.05) is 0 Å². The quantitative estimate of drug-likeness (QED) is 0.290. The van der Waals surface area contributed by atoms with Crippen LogP contribution in [-0.2, 0) is 20.1 Å². The third kappa shape index (κ3) is 4.47. The molecule has 0 amide bonds. The molecule has 2 fully saturated rings. The Morgan fingerprint density at radius 1 is 0.690 bits per heavy atom. The minimum Gasteiger partial charge on any atom is -0.147 e. The van der Waals surface area contributed by atoms with E-state index in [2.05, 4.69) is 89.4 Å². The second kappa shape index (κ2) is 9.86. The molecule has 4 aliphatic rings. The van der Waals surface area contributed by atoms with E-state index in [1.807, 2.05) is 0 Å². The minimum atomic E-state index is -1.87. The van der Waals surface area contributed by atoms with Gasteiger partial charge in [-0.1, -0.05) is 0 Å². The molecule has 4 rings (SSSR count). The van der Waals surface area contributed by atoms with E-state index < -0.39 is 20.1 Å². The summed E-state index contributed by atoms with van der Waals surface area (Å²) in [5, 5.41) is 0. The second-order valence-corrected chi connectivity index (χ2v) is 36.4. The molecule has 160 valence electrons. The Morgan fingerprint density at radius 2 is 1.07 bits per heavy atom. The van der Waals surface area contributed by atoms with Crippen LogP contribution >= 0.6 is 12.4 Å². The molecule has 0 aromatic heterocycles. The van der Waals surface area contributed by atoms with Crippen molar-refractivity contribution in [2.75, 3.05) is 0 Å². The smallest absolute Gasteiger partial charge is 0.147 e. The van der Waals surface area contributed by atoms with Crippen LogP contribution in [-0.4, -0.2) is 5.49 Å². The van der Waals surface area contributed by atoms with Crippen molar-refractivity contribution < 1.29 is 20.1 Å². The minimum absolute atomic E-state index is 0. The maximum atomic E-state index is 2.73. The van der Waals surface area contributed by atoms with Crippen molar-refractivity contribution >= 4 is 17.9 Å². The molecule has 0 bridgehead atoms. The summed E-state index contributed by atoms with van der Waals surface area (Å²) in [6, 6.07) is 0. The summed E-state index contributed by atoms with van der Waals surface area (Å²) >= 11 is -1.87. The summed E-state index contributed by atoms with van der Waals surface area (Å²) in [6.45, 7) is 15.6. The fraction of sp³-hybridized carbons (Fsp3) is 0.692. The van der Waals surface area contributed by atoms with Crippen molar-refractivity contribution in [3.8, 4) is 0 Å². The Morgan fingerprint density at radius 3 is 1.41 bits per heavy atom. The number of fused-ring (bicyclic) bond motifs is 2. The number of hydrogen-bond acceptors (Lipinski definition) is 0. The number of hydrogen-bond donors (Lipinski definition) is 0. The molecule has 0 aromatic rings. The molecular weight excluding hydrogens is 554 g/mol. The Balaban J connectivity index is 0.00000240. The molecule has 8 unspecified atom stereocenters. The van der Waals surface area contributed by atoms with E-state index in [4.69, 9.17) is 0 Å². The Kier molecular flexibility index (Phi) is 8.16. The van der Waals surface area contributed by atoms with Gasteiger partial charge in [0.05, 0.1) is 0 Å². The standard InChI is InChI=1S/2C12H17.C2H6Si.ClH.Hf/c2*1-9(2)12-7-10-5-3-4-6-11(10)8-12;1-3-2;;/h2*3-7,9-12H,8H2,1-2H3;1-2H3;1H;. The molecule has 3 heteroatoms. The number of halogens is 1. The predicted molar refractivity (Wildman–Crippen MR) is 129 cm³/mol. The average Bonchev–Trinajstić information content (AvgIpc) is 3.22. The van der Waals surface area contributed by atoms with Gasteiger partial charge in [0.2, 0.25) is 0 Å². The van der Waals surface area contributed by atoms with E-state index in [9.17, 15) is 0 Å². The van der Waals surface area contributed by atoms with Crippen molar-refractivity contribution in [1.29, 1.82) is 0 Å². The second-order valence-electron chi connectivity index (χ2n) is 10.8.